The maximum absolute atomic E-state index is 2.56. The number of hydrogen-bond donors (Lipinski definition) is 0. The zero-order chi connectivity index (χ0) is 10.1. The third-order valence-electron chi connectivity index (χ3n) is 2.44. The monoisotopic (exact) mass is 300 g/mol. The van der Waals surface area contributed by atoms with Crippen molar-refractivity contribution in [2.45, 2.75) is 28.7 Å². The normalized spacial score (nSPS) is 12.7. The van der Waals surface area contributed by atoms with E-state index < -0.39 is 17.6 Å². The topological polar surface area (TPSA) is 0 Å². The van der Waals surface area contributed by atoms with E-state index in [4.69, 9.17) is 0 Å². The molecule has 0 saturated heterocycles. The molecule has 72 valence electrons. The molecule has 1 aromatic carbocycles. The average Bonchev–Trinajstić information content (AvgIpc) is 1.96. The molecule has 0 fully saturated rings. The van der Waals surface area contributed by atoms with Gasteiger partial charge < -0.3 is 0 Å². The molecular weight excluding hydrogens is 279 g/mol. The molecule has 0 nitrogen and oxygen atoms in total. The van der Waals surface area contributed by atoms with Crippen LogP contribution in [0.25, 0.3) is 0 Å². The Bertz CT molecular complexity index is 299. The molecule has 0 aliphatic carbocycles. The second-order valence-electron chi connectivity index (χ2n) is 5.10. The van der Waals surface area contributed by atoms with E-state index in [1.807, 2.05) is 0 Å². The van der Waals surface area contributed by atoms with Crippen molar-refractivity contribution < 1.29 is 0 Å². The summed E-state index contributed by atoms with van der Waals surface area (Å²) in [5, 5.41) is 1.73. The van der Waals surface area contributed by atoms with Crippen molar-refractivity contribution in [2.75, 3.05) is 0 Å². The van der Waals surface area contributed by atoms with E-state index in [0.29, 0.717) is 0 Å². The summed E-state index contributed by atoms with van der Waals surface area (Å²) in [6, 6.07) is 6.81. The Kier molecular flexibility index (Phi) is 3.63. The molecule has 0 bridgehead atoms. The van der Waals surface area contributed by atoms with Gasteiger partial charge >= 0.3 is 87.8 Å². The zero-order valence-corrected chi connectivity index (χ0v) is 13.7. The molecule has 0 unspecified atom stereocenters. The fraction of sp³-hybridized carbons (Fsp3) is 0.455. The molecule has 1 aromatic rings. The van der Waals surface area contributed by atoms with E-state index in [2.05, 4.69) is 46.9 Å². The first-order chi connectivity index (χ1) is 5.90. The van der Waals surface area contributed by atoms with Crippen molar-refractivity contribution in [2.24, 2.45) is 0 Å². The summed E-state index contributed by atoms with van der Waals surface area (Å²) in [6.07, 6.45) is 0. The average molecular weight is 299 g/mol. The number of aryl methyl sites for hydroxylation is 1. The molecule has 0 atom stereocenters. The van der Waals surface area contributed by atoms with Crippen LogP contribution in [0.1, 0.15) is 11.1 Å². The van der Waals surface area contributed by atoms with Gasteiger partial charge in [0.25, 0.3) is 0 Å². The van der Waals surface area contributed by atoms with Gasteiger partial charge in [0.2, 0.25) is 0 Å². The van der Waals surface area contributed by atoms with E-state index in [9.17, 15) is 0 Å². The van der Waals surface area contributed by atoms with E-state index in [-0.39, 0.29) is 7.03 Å². The number of rotatable bonds is 2. The Morgan fingerprint density at radius 3 is 2.23 bits per heavy atom. The second-order valence-corrected chi connectivity index (χ2v) is 38.1. The van der Waals surface area contributed by atoms with Gasteiger partial charge in [-0.05, 0) is 0 Å². The van der Waals surface area contributed by atoms with Crippen molar-refractivity contribution in [3.63, 3.8) is 0 Å². The van der Waals surface area contributed by atoms with Crippen LogP contribution in [0, 0.1) is 13.8 Å². The summed E-state index contributed by atoms with van der Waals surface area (Å²) in [6.45, 7) is 4.51. The van der Waals surface area contributed by atoms with Crippen LogP contribution in [0.15, 0.2) is 18.2 Å². The summed E-state index contributed by atoms with van der Waals surface area (Å²) in [5.74, 6) is 0. The molecule has 0 aromatic heterocycles. The van der Waals surface area contributed by atoms with E-state index in [0.717, 1.165) is 0 Å². The van der Waals surface area contributed by atoms with Crippen molar-refractivity contribution in [1.82, 2.24) is 0 Å². The molecule has 0 aliphatic heterocycles. The molecule has 0 aliphatic rings. The number of benzene rings is 1. The van der Waals surface area contributed by atoms with E-state index >= 15 is 0 Å². The molecule has 2 heteroatoms. The number of hydrogen-bond acceptors (Lipinski definition) is 0. The molecular formula is C11H20SiSn. The Balaban J connectivity index is 2.96. The fourth-order valence-electron chi connectivity index (χ4n) is 1.57. The summed E-state index contributed by atoms with van der Waals surface area (Å²) in [7, 11) is 0.0866. The maximum atomic E-state index is 2.56. The Labute approximate surface area is 87.5 Å². The van der Waals surface area contributed by atoms with Gasteiger partial charge in [0.1, 0.15) is 0 Å². The van der Waals surface area contributed by atoms with Crippen LogP contribution in [-0.4, -0.2) is 24.6 Å². The first-order valence-corrected chi connectivity index (χ1v) is 21.0. The molecule has 0 heterocycles. The molecule has 0 N–H and O–H groups in total. The van der Waals surface area contributed by atoms with Gasteiger partial charge in [0, 0.05) is 0 Å². The van der Waals surface area contributed by atoms with Crippen LogP contribution in [0.3, 0.4) is 0 Å². The Morgan fingerprint density at radius 2 is 1.69 bits per heavy atom. The van der Waals surface area contributed by atoms with Crippen molar-refractivity contribution >= 4 is 29.8 Å². The van der Waals surface area contributed by atoms with Gasteiger partial charge in [-0.1, -0.05) is 0 Å². The molecule has 0 spiro atoms. The minimum atomic E-state index is -1.50. The van der Waals surface area contributed by atoms with Crippen LogP contribution in [0.5, 0.6) is 0 Å². The standard InChI is InChI=1S/C8H11Si.3CH3.Sn/c1-6-4-3-5-8(9)7(6)2;;;;/h3-5H,9H2,1-2H3;3*1H3;. The fourth-order valence-corrected chi connectivity index (χ4v) is 16.6. The Morgan fingerprint density at radius 1 is 1.08 bits per heavy atom. The van der Waals surface area contributed by atoms with Gasteiger partial charge in [0.15, 0.2) is 0 Å². The third kappa shape index (κ3) is 3.46. The summed E-state index contributed by atoms with van der Waals surface area (Å²) in [5.41, 5.74) is 3.04. The summed E-state index contributed by atoms with van der Waals surface area (Å²) < 4.78 is 0. The molecule has 0 saturated carbocycles. The second kappa shape index (κ2) is 4.17. The summed E-state index contributed by atoms with van der Waals surface area (Å²) >= 11 is -1.50. The van der Waals surface area contributed by atoms with Crippen LogP contribution in [0.4, 0.5) is 0 Å². The van der Waals surface area contributed by atoms with Gasteiger partial charge in [-0.3, -0.25) is 0 Å². The Hall–Kier alpha value is 0.236. The quantitative estimate of drug-likeness (QED) is 0.732. The predicted octanol–water partition coefficient (Wildman–Crippen LogP) is 1.93. The van der Waals surface area contributed by atoms with Crippen LogP contribution in [0.2, 0.25) is 14.8 Å². The molecule has 13 heavy (non-hydrogen) atoms. The first kappa shape index (κ1) is 11.3. The van der Waals surface area contributed by atoms with Gasteiger partial charge in [0.05, 0.1) is 0 Å². The third-order valence-corrected chi connectivity index (χ3v) is 17.0. The van der Waals surface area contributed by atoms with E-state index in [1.165, 1.54) is 5.56 Å². The van der Waals surface area contributed by atoms with Crippen molar-refractivity contribution in [3.8, 4) is 0 Å². The zero-order valence-electron chi connectivity index (χ0n) is 9.44. The molecule has 0 amide bonds. The summed E-state index contributed by atoms with van der Waals surface area (Å²) in [4.78, 5) is 7.67. The van der Waals surface area contributed by atoms with Crippen molar-refractivity contribution in [3.05, 3.63) is 29.3 Å². The van der Waals surface area contributed by atoms with Gasteiger partial charge in [-0.2, -0.15) is 0 Å². The van der Waals surface area contributed by atoms with Crippen molar-refractivity contribution in [1.29, 1.82) is 0 Å². The predicted molar refractivity (Wildman–Crippen MR) is 67.4 cm³/mol. The first-order valence-electron chi connectivity index (χ1n) is 4.95. The van der Waals surface area contributed by atoms with Crippen LogP contribution >= 0.6 is 0 Å². The molecule has 0 radical (unpaired) electrons. The van der Waals surface area contributed by atoms with Gasteiger partial charge in [-0.25, -0.2) is 0 Å². The van der Waals surface area contributed by atoms with E-state index in [1.54, 1.807) is 10.8 Å². The minimum absolute atomic E-state index is 0.0866. The van der Waals surface area contributed by atoms with Gasteiger partial charge in [-0.15, -0.1) is 0 Å². The van der Waals surface area contributed by atoms with Crippen LogP contribution in [-0.2, 0) is 0 Å². The van der Waals surface area contributed by atoms with Crippen LogP contribution < -0.4 is 5.19 Å². The molecule has 1 rings (SSSR count). The SMILES string of the molecule is Cc1cccc([SiH2][Sn]([CH3])([CH3])[CH3])c1C.